The normalized spacial score (nSPS) is 13.4. The van der Waals surface area contributed by atoms with Crippen molar-refractivity contribution in [3.05, 3.63) is 0 Å². The molecule has 0 aromatic rings. The quantitative estimate of drug-likeness (QED) is 0.316. The monoisotopic (exact) mass is 336 g/mol. The van der Waals surface area contributed by atoms with Gasteiger partial charge in [-0.05, 0) is 12.8 Å². The van der Waals surface area contributed by atoms with Gasteiger partial charge in [0.25, 0.3) is 10.1 Å². The standard InChI is InChI=1S/C17H36O4S/c1-2-3-4-5-6-7-8-9-10-11-12-13-14-17(18)15-16-22(19,20)21/h17-18H,2-16H2,1H3,(H,19,20,21). The Kier molecular flexibility index (Phi) is 14.4. The van der Waals surface area contributed by atoms with Crippen molar-refractivity contribution < 1.29 is 18.1 Å². The van der Waals surface area contributed by atoms with Crippen LogP contribution in [0.5, 0.6) is 0 Å². The van der Waals surface area contributed by atoms with Crippen LogP contribution in [0, 0.1) is 0 Å². The van der Waals surface area contributed by atoms with Gasteiger partial charge in [0.1, 0.15) is 0 Å². The van der Waals surface area contributed by atoms with Crippen LogP contribution in [0.2, 0.25) is 0 Å². The molecule has 0 radical (unpaired) electrons. The Bertz CT molecular complexity index is 328. The minimum absolute atomic E-state index is 0.136. The van der Waals surface area contributed by atoms with Gasteiger partial charge in [0.15, 0.2) is 0 Å². The number of unbranched alkanes of at least 4 members (excludes halogenated alkanes) is 11. The molecule has 0 aliphatic carbocycles. The molecule has 0 rings (SSSR count). The lowest BCUT2D eigenvalue weighted by Gasteiger charge is -2.09. The number of hydrogen-bond donors (Lipinski definition) is 2. The van der Waals surface area contributed by atoms with Crippen molar-refractivity contribution >= 4 is 10.1 Å². The Morgan fingerprint density at radius 3 is 1.55 bits per heavy atom. The molecule has 134 valence electrons. The van der Waals surface area contributed by atoms with Crippen molar-refractivity contribution in [2.45, 2.75) is 103 Å². The van der Waals surface area contributed by atoms with E-state index in [1.807, 2.05) is 0 Å². The molecule has 0 amide bonds. The minimum atomic E-state index is -3.93. The predicted molar refractivity (Wildman–Crippen MR) is 92.7 cm³/mol. The van der Waals surface area contributed by atoms with Crippen molar-refractivity contribution in [3.63, 3.8) is 0 Å². The summed E-state index contributed by atoms with van der Waals surface area (Å²) in [6.45, 7) is 2.24. The first kappa shape index (κ1) is 21.9. The summed E-state index contributed by atoms with van der Waals surface area (Å²) in [6, 6.07) is 0. The summed E-state index contributed by atoms with van der Waals surface area (Å²) in [5, 5.41) is 9.60. The van der Waals surface area contributed by atoms with Crippen LogP contribution in [0.4, 0.5) is 0 Å². The van der Waals surface area contributed by atoms with E-state index in [4.69, 9.17) is 4.55 Å². The first-order valence-electron chi connectivity index (χ1n) is 9.09. The highest BCUT2D eigenvalue weighted by atomic mass is 32.2. The van der Waals surface area contributed by atoms with Gasteiger partial charge in [-0.25, -0.2) is 0 Å². The van der Waals surface area contributed by atoms with E-state index in [0.29, 0.717) is 6.42 Å². The second kappa shape index (κ2) is 14.5. The largest absolute Gasteiger partial charge is 0.393 e. The molecule has 22 heavy (non-hydrogen) atoms. The molecular formula is C17H36O4S. The van der Waals surface area contributed by atoms with Crippen LogP contribution in [-0.2, 0) is 10.1 Å². The zero-order chi connectivity index (χ0) is 16.7. The number of rotatable bonds is 16. The van der Waals surface area contributed by atoms with Crippen molar-refractivity contribution in [2.75, 3.05) is 5.75 Å². The third-order valence-corrected chi connectivity index (χ3v) is 4.85. The van der Waals surface area contributed by atoms with Crippen molar-refractivity contribution in [3.8, 4) is 0 Å². The first-order chi connectivity index (χ1) is 10.5. The van der Waals surface area contributed by atoms with Crippen LogP contribution in [0.1, 0.15) is 96.8 Å². The van der Waals surface area contributed by atoms with E-state index in [2.05, 4.69) is 6.92 Å². The van der Waals surface area contributed by atoms with Gasteiger partial charge in [-0.1, -0.05) is 84.0 Å². The Balaban J connectivity index is 3.20. The van der Waals surface area contributed by atoms with Crippen LogP contribution in [-0.4, -0.2) is 29.9 Å². The summed E-state index contributed by atoms with van der Waals surface area (Å²) in [7, 11) is -3.93. The highest BCUT2D eigenvalue weighted by Crippen LogP contribution is 2.13. The van der Waals surface area contributed by atoms with E-state index >= 15 is 0 Å². The van der Waals surface area contributed by atoms with E-state index in [-0.39, 0.29) is 12.2 Å². The molecule has 0 bridgehead atoms. The third-order valence-electron chi connectivity index (χ3n) is 4.10. The lowest BCUT2D eigenvalue weighted by atomic mass is 10.0. The van der Waals surface area contributed by atoms with E-state index in [1.165, 1.54) is 64.2 Å². The minimum Gasteiger partial charge on any atom is -0.393 e. The van der Waals surface area contributed by atoms with Crippen LogP contribution in [0.3, 0.4) is 0 Å². The summed E-state index contributed by atoms with van der Waals surface area (Å²) < 4.78 is 29.7. The first-order valence-corrected chi connectivity index (χ1v) is 10.7. The second-order valence-electron chi connectivity index (χ2n) is 6.41. The van der Waals surface area contributed by atoms with E-state index in [9.17, 15) is 13.5 Å². The number of aliphatic hydroxyl groups is 1. The smallest absolute Gasteiger partial charge is 0.264 e. The average molecular weight is 337 g/mol. The van der Waals surface area contributed by atoms with E-state index in [1.54, 1.807) is 0 Å². The maximum absolute atomic E-state index is 10.6. The summed E-state index contributed by atoms with van der Waals surface area (Å²) in [4.78, 5) is 0. The van der Waals surface area contributed by atoms with Gasteiger partial charge in [-0.3, -0.25) is 4.55 Å². The SMILES string of the molecule is CCCCCCCCCCCCCCC(O)CCS(=O)(=O)O. The zero-order valence-electron chi connectivity index (χ0n) is 14.3. The predicted octanol–water partition coefficient (Wildman–Crippen LogP) is 4.72. The van der Waals surface area contributed by atoms with Crippen molar-refractivity contribution in [1.82, 2.24) is 0 Å². The Morgan fingerprint density at radius 1 is 0.727 bits per heavy atom. The molecule has 1 unspecified atom stereocenters. The summed E-state index contributed by atoms with van der Waals surface area (Å²) in [5.41, 5.74) is 0. The number of hydrogen-bond acceptors (Lipinski definition) is 3. The molecule has 4 nitrogen and oxygen atoms in total. The van der Waals surface area contributed by atoms with Gasteiger partial charge in [-0.2, -0.15) is 8.42 Å². The van der Waals surface area contributed by atoms with Gasteiger partial charge in [0.2, 0.25) is 0 Å². The fourth-order valence-corrected chi connectivity index (χ4v) is 3.22. The molecule has 5 heteroatoms. The molecule has 0 heterocycles. The van der Waals surface area contributed by atoms with Gasteiger partial charge in [0.05, 0.1) is 11.9 Å². The Morgan fingerprint density at radius 2 is 1.14 bits per heavy atom. The third kappa shape index (κ3) is 17.9. The molecule has 0 aliphatic rings. The highest BCUT2D eigenvalue weighted by Gasteiger charge is 2.10. The van der Waals surface area contributed by atoms with E-state index in [0.717, 1.165) is 12.8 Å². The average Bonchev–Trinajstić information content (AvgIpc) is 2.45. The lowest BCUT2D eigenvalue weighted by molar-refractivity contribution is 0.156. The van der Waals surface area contributed by atoms with Crippen LogP contribution >= 0.6 is 0 Å². The molecule has 0 aromatic carbocycles. The molecule has 0 saturated heterocycles. The zero-order valence-corrected chi connectivity index (χ0v) is 15.1. The van der Waals surface area contributed by atoms with Gasteiger partial charge in [0, 0.05) is 0 Å². The molecular weight excluding hydrogens is 300 g/mol. The Hall–Kier alpha value is -0.130. The molecule has 0 spiro atoms. The van der Waals surface area contributed by atoms with Crippen LogP contribution < -0.4 is 0 Å². The van der Waals surface area contributed by atoms with Crippen molar-refractivity contribution in [2.24, 2.45) is 0 Å². The maximum atomic E-state index is 10.6. The molecule has 0 aromatic heterocycles. The highest BCUT2D eigenvalue weighted by molar-refractivity contribution is 7.85. The fourth-order valence-electron chi connectivity index (χ4n) is 2.65. The molecule has 0 fully saturated rings. The molecule has 1 atom stereocenters. The number of aliphatic hydroxyl groups excluding tert-OH is 1. The van der Waals surface area contributed by atoms with Gasteiger partial charge in [-0.15, -0.1) is 0 Å². The molecule has 0 saturated carbocycles. The second-order valence-corrected chi connectivity index (χ2v) is 7.98. The summed E-state index contributed by atoms with van der Waals surface area (Å²) in [5.74, 6) is -0.341. The van der Waals surface area contributed by atoms with Crippen LogP contribution in [0.25, 0.3) is 0 Å². The lowest BCUT2D eigenvalue weighted by Crippen LogP contribution is -2.14. The van der Waals surface area contributed by atoms with Gasteiger partial charge < -0.3 is 5.11 Å². The van der Waals surface area contributed by atoms with Crippen LogP contribution in [0.15, 0.2) is 0 Å². The molecule has 0 aliphatic heterocycles. The summed E-state index contributed by atoms with van der Waals surface area (Å²) >= 11 is 0. The fraction of sp³-hybridized carbons (Fsp3) is 1.00. The molecule has 2 N–H and O–H groups in total. The Labute approximate surface area is 137 Å². The topological polar surface area (TPSA) is 74.6 Å². The van der Waals surface area contributed by atoms with Gasteiger partial charge >= 0.3 is 0 Å². The maximum Gasteiger partial charge on any atom is 0.264 e. The van der Waals surface area contributed by atoms with Crippen molar-refractivity contribution in [1.29, 1.82) is 0 Å². The summed E-state index contributed by atoms with van der Waals surface area (Å²) in [6.07, 6.45) is 15.5. The van der Waals surface area contributed by atoms with E-state index < -0.39 is 16.2 Å².